The Labute approximate surface area is 201 Å². The van der Waals surface area contributed by atoms with E-state index in [4.69, 9.17) is 21.7 Å². The largest absolute Gasteiger partial charge is 0.494 e. The van der Waals surface area contributed by atoms with E-state index in [1.54, 1.807) is 29.2 Å². The second-order valence-electron chi connectivity index (χ2n) is 8.47. The third kappa shape index (κ3) is 9.00. The van der Waals surface area contributed by atoms with Gasteiger partial charge in [-0.15, -0.1) is 0 Å². The summed E-state index contributed by atoms with van der Waals surface area (Å²) in [6.07, 6.45) is 4.37. The zero-order chi connectivity index (χ0) is 24.2. The lowest BCUT2D eigenvalue weighted by atomic mass is 10.1. The molecule has 8 nitrogen and oxygen atoms in total. The molecule has 0 radical (unpaired) electrons. The van der Waals surface area contributed by atoms with Crippen LogP contribution in [0.15, 0.2) is 24.3 Å². The Kier molecular flexibility index (Phi) is 11.1. The van der Waals surface area contributed by atoms with Crippen LogP contribution in [0.1, 0.15) is 63.2 Å². The smallest absolute Gasteiger partial charge is 0.308 e. The predicted molar refractivity (Wildman–Crippen MR) is 130 cm³/mol. The maximum absolute atomic E-state index is 12.7. The van der Waals surface area contributed by atoms with Crippen molar-refractivity contribution in [3.8, 4) is 5.75 Å². The molecule has 33 heavy (non-hydrogen) atoms. The number of nitrogens with zero attached hydrogens (tertiary/aromatic N) is 1. The van der Waals surface area contributed by atoms with Crippen LogP contribution in [-0.2, 0) is 14.3 Å². The van der Waals surface area contributed by atoms with Crippen molar-refractivity contribution in [2.24, 2.45) is 5.92 Å². The van der Waals surface area contributed by atoms with E-state index in [0.717, 1.165) is 12.8 Å². The number of hydrogen-bond donors (Lipinski definition) is 2. The highest BCUT2D eigenvalue weighted by Gasteiger charge is 2.34. The molecule has 9 heteroatoms. The van der Waals surface area contributed by atoms with E-state index in [1.807, 2.05) is 13.8 Å². The number of benzene rings is 1. The van der Waals surface area contributed by atoms with Gasteiger partial charge in [0, 0.05) is 18.7 Å². The van der Waals surface area contributed by atoms with Gasteiger partial charge in [-0.3, -0.25) is 19.7 Å². The van der Waals surface area contributed by atoms with Crippen LogP contribution in [0, 0.1) is 5.92 Å². The molecule has 2 amide bonds. The van der Waals surface area contributed by atoms with Crippen molar-refractivity contribution in [2.45, 2.75) is 58.9 Å². The molecule has 182 valence electrons. The number of unbranched alkanes of at least 4 members (excludes halogenated alkanes) is 3. The summed E-state index contributed by atoms with van der Waals surface area (Å²) in [5, 5.41) is 5.51. The lowest BCUT2D eigenvalue weighted by molar-refractivity contribution is -0.148. The molecule has 2 rings (SSSR count). The van der Waals surface area contributed by atoms with Crippen LogP contribution in [0.2, 0.25) is 0 Å². The summed E-state index contributed by atoms with van der Waals surface area (Å²) >= 11 is 5.39. The minimum atomic E-state index is -0.824. The number of esters is 1. The van der Waals surface area contributed by atoms with Gasteiger partial charge >= 0.3 is 5.97 Å². The molecule has 1 atom stereocenters. The van der Waals surface area contributed by atoms with Crippen LogP contribution < -0.4 is 15.4 Å². The van der Waals surface area contributed by atoms with Crippen LogP contribution in [0.25, 0.3) is 0 Å². The molecule has 1 unspecified atom stereocenters. The summed E-state index contributed by atoms with van der Waals surface area (Å²) < 4.78 is 10.9. The van der Waals surface area contributed by atoms with Crippen molar-refractivity contribution < 1.29 is 23.9 Å². The summed E-state index contributed by atoms with van der Waals surface area (Å²) in [6.45, 7) is 7.72. The number of hydrogen-bond acceptors (Lipinski definition) is 6. The molecule has 1 heterocycles. The van der Waals surface area contributed by atoms with E-state index in [2.05, 4.69) is 17.6 Å². The predicted octanol–water partition coefficient (Wildman–Crippen LogP) is 3.05. The van der Waals surface area contributed by atoms with E-state index in [1.165, 1.54) is 12.8 Å². The number of rotatable bonds is 11. The average Bonchev–Trinajstić information content (AvgIpc) is 2.79. The summed E-state index contributed by atoms with van der Waals surface area (Å²) in [6, 6.07) is 6.01. The highest BCUT2D eigenvalue weighted by molar-refractivity contribution is 7.80. The standard InChI is InChI=1S/C24H35N3O5S/c1-4-5-6-7-14-31-19-10-8-18(9-11-19)22(29)26-24(33)27-13-12-25-23(30)20(27)15-21(28)32-16-17(2)3/h8-11,17,20H,4-7,12-16H2,1-3H3,(H,25,30)(H,26,29,33). The molecule has 0 spiro atoms. The van der Waals surface area contributed by atoms with Crippen molar-refractivity contribution in [2.75, 3.05) is 26.3 Å². The SMILES string of the molecule is CCCCCCOc1ccc(C(=O)NC(=S)N2CCNC(=O)C2CC(=O)OCC(C)C)cc1. The first-order valence-corrected chi connectivity index (χ1v) is 12.0. The molecule has 0 bridgehead atoms. The molecular weight excluding hydrogens is 442 g/mol. The van der Waals surface area contributed by atoms with Crippen molar-refractivity contribution in [1.29, 1.82) is 0 Å². The van der Waals surface area contributed by atoms with Gasteiger partial charge in [0.15, 0.2) is 5.11 Å². The molecule has 1 aromatic carbocycles. The molecule has 1 fully saturated rings. The van der Waals surface area contributed by atoms with Gasteiger partial charge < -0.3 is 19.7 Å². The van der Waals surface area contributed by atoms with E-state index in [0.29, 0.717) is 31.0 Å². The van der Waals surface area contributed by atoms with Gasteiger partial charge in [0.1, 0.15) is 11.8 Å². The highest BCUT2D eigenvalue weighted by atomic mass is 32.1. The second-order valence-corrected chi connectivity index (χ2v) is 8.86. The summed E-state index contributed by atoms with van der Waals surface area (Å²) in [5.41, 5.74) is 0.421. The Morgan fingerprint density at radius 1 is 1.21 bits per heavy atom. The van der Waals surface area contributed by atoms with Gasteiger partial charge in [-0.2, -0.15) is 0 Å². The number of thiocarbonyl (C=S) groups is 1. The highest BCUT2D eigenvalue weighted by Crippen LogP contribution is 2.15. The molecule has 1 saturated heterocycles. The second kappa shape index (κ2) is 13.8. The van der Waals surface area contributed by atoms with Crippen LogP contribution >= 0.6 is 12.2 Å². The molecule has 0 saturated carbocycles. The number of piperazine rings is 1. The number of nitrogens with one attached hydrogen (secondary N) is 2. The Balaban J connectivity index is 1.91. The summed E-state index contributed by atoms with van der Waals surface area (Å²) in [5.74, 6) is -0.279. The number of amides is 2. The minimum absolute atomic E-state index is 0.104. The van der Waals surface area contributed by atoms with Crippen LogP contribution in [0.3, 0.4) is 0 Å². The van der Waals surface area contributed by atoms with Gasteiger partial charge in [-0.05, 0) is 48.8 Å². The average molecular weight is 478 g/mol. The summed E-state index contributed by atoms with van der Waals surface area (Å²) in [4.78, 5) is 38.8. The van der Waals surface area contributed by atoms with Gasteiger partial charge in [0.25, 0.3) is 5.91 Å². The molecule has 1 aliphatic rings. The van der Waals surface area contributed by atoms with Crippen LogP contribution in [0.4, 0.5) is 0 Å². The van der Waals surface area contributed by atoms with Gasteiger partial charge in [-0.1, -0.05) is 40.0 Å². The minimum Gasteiger partial charge on any atom is -0.494 e. The number of carbonyl (C=O) groups is 3. The van der Waals surface area contributed by atoms with Gasteiger partial charge in [0.05, 0.1) is 19.6 Å². The van der Waals surface area contributed by atoms with Crippen molar-refractivity contribution in [3.63, 3.8) is 0 Å². The zero-order valence-electron chi connectivity index (χ0n) is 19.7. The lowest BCUT2D eigenvalue weighted by Crippen LogP contribution is -2.60. The van der Waals surface area contributed by atoms with E-state index >= 15 is 0 Å². The molecule has 2 N–H and O–H groups in total. The maximum atomic E-state index is 12.7. The molecule has 0 aliphatic carbocycles. The van der Waals surface area contributed by atoms with Gasteiger partial charge in [0.2, 0.25) is 5.91 Å². The van der Waals surface area contributed by atoms with Crippen molar-refractivity contribution in [3.05, 3.63) is 29.8 Å². The van der Waals surface area contributed by atoms with Crippen LogP contribution in [0.5, 0.6) is 5.75 Å². The number of ether oxygens (including phenoxy) is 2. The molecule has 0 aromatic heterocycles. The van der Waals surface area contributed by atoms with E-state index in [9.17, 15) is 14.4 Å². The first-order chi connectivity index (χ1) is 15.8. The quantitative estimate of drug-likeness (QED) is 0.287. The fourth-order valence-corrected chi connectivity index (χ4v) is 3.61. The molecule has 1 aliphatic heterocycles. The lowest BCUT2D eigenvalue weighted by Gasteiger charge is -2.36. The normalized spacial score (nSPS) is 15.7. The van der Waals surface area contributed by atoms with E-state index in [-0.39, 0.29) is 35.9 Å². The Bertz CT molecular complexity index is 813. The third-order valence-electron chi connectivity index (χ3n) is 5.13. The molecular formula is C24H35N3O5S. The zero-order valence-corrected chi connectivity index (χ0v) is 20.5. The van der Waals surface area contributed by atoms with Crippen LogP contribution in [-0.4, -0.2) is 60.1 Å². The summed E-state index contributed by atoms with van der Waals surface area (Å²) in [7, 11) is 0. The third-order valence-corrected chi connectivity index (χ3v) is 5.47. The topological polar surface area (TPSA) is 97.0 Å². The fourth-order valence-electron chi connectivity index (χ4n) is 3.30. The Morgan fingerprint density at radius 3 is 2.61 bits per heavy atom. The molecule has 1 aromatic rings. The van der Waals surface area contributed by atoms with Gasteiger partial charge in [-0.25, -0.2) is 0 Å². The Morgan fingerprint density at radius 2 is 1.94 bits per heavy atom. The maximum Gasteiger partial charge on any atom is 0.308 e. The van der Waals surface area contributed by atoms with Crippen molar-refractivity contribution in [1.82, 2.24) is 15.5 Å². The number of carbonyl (C=O) groups excluding carboxylic acids is 3. The first-order valence-electron chi connectivity index (χ1n) is 11.6. The van der Waals surface area contributed by atoms with E-state index < -0.39 is 12.0 Å². The van der Waals surface area contributed by atoms with Crippen molar-refractivity contribution >= 4 is 35.1 Å². The fraction of sp³-hybridized carbons (Fsp3) is 0.583. The Hall–Kier alpha value is -2.68. The first kappa shape index (κ1) is 26.6. The monoisotopic (exact) mass is 477 g/mol.